The van der Waals surface area contributed by atoms with Gasteiger partial charge in [-0.25, -0.2) is 0 Å². The van der Waals surface area contributed by atoms with Gasteiger partial charge in [-0.1, -0.05) is 31.8 Å². The van der Waals surface area contributed by atoms with Gasteiger partial charge in [0.1, 0.15) is 0 Å². The monoisotopic (exact) mass is 301 g/mol. The van der Waals surface area contributed by atoms with E-state index in [2.05, 4.69) is 23.3 Å². The zero-order valence-corrected chi connectivity index (χ0v) is 13.6. The van der Waals surface area contributed by atoms with Crippen LogP contribution in [0.5, 0.6) is 0 Å². The number of nitrogens with zero attached hydrogens (tertiary/aromatic N) is 1. The highest BCUT2D eigenvalue weighted by molar-refractivity contribution is 5.84. The highest BCUT2D eigenvalue weighted by Crippen LogP contribution is 2.41. The smallest absolute Gasteiger partial charge is 0.227 e. The Labute approximate surface area is 134 Å². The summed E-state index contributed by atoms with van der Waals surface area (Å²) < 4.78 is 0. The van der Waals surface area contributed by atoms with E-state index >= 15 is 0 Å². The third kappa shape index (κ3) is 2.51. The van der Waals surface area contributed by atoms with Crippen molar-refractivity contribution in [2.75, 3.05) is 0 Å². The third-order valence-electron chi connectivity index (χ3n) is 6.70. The predicted octanol–water partition coefficient (Wildman–Crippen LogP) is 3.62. The molecule has 2 aliphatic heterocycles. The fourth-order valence-corrected chi connectivity index (χ4v) is 5.45. The van der Waals surface area contributed by atoms with Crippen LogP contribution in [0.4, 0.5) is 0 Å². The molecule has 0 aromatic carbocycles. The lowest BCUT2D eigenvalue weighted by molar-refractivity contribution is -0.123. The van der Waals surface area contributed by atoms with Gasteiger partial charge in [0.05, 0.1) is 0 Å². The number of nitrogens with one attached hydrogen (secondary N) is 1. The maximum Gasteiger partial charge on any atom is 0.227 e. The lowest BCUT2D eigenvalue weighted by Gasteiger charge is -2.51. The average molecular weight is 301 g/mol. The number of hydrogen-bond donors (Lipinski definition) is 1. The summed E-state index contributed by atoms with van der Waals surface area (Å²) in [4.78, 5) is 14.6. The standard InChI is InChI=1S/C19H29N2O/c1-21-14(11-10-13-6-2-5-9-18(13)21)12-17-15-7-3-4-8-16(15)19(22)20-17/h12-16,18H,1-11H2,(H,20,22)/q-1/b17-12-. The summed E-state index contributed by atoms with van der Waals surface area (Å²) >= 11 is 0. The van der Waals surface area contributed by atoms with Crippen LogP contribution in [0.1, 0.15) is 64.2 Å². The SMILES string of the molecule is [CH2-]N1C(/C=C2\NC(=O)C3CCCCC23)CCC2CCCCC21. The minimum absolute atomic E-state index is 0.254. The minimum atomic E-state index is 0.254. The van der Waals surface area contributed by atoms with Crippen molar-refractivity contribution in [1.29, 1.82) is 0 Å². The van der Waals surface area contributed by atoms with Crippen molar-refractivity contribution < 1.29 is 4.79 Å². The molecule has 0 spiro atoms. The maximum atomic E-state index is 12.2. The van der Waals surface area contributed by atoms with Gasteiger partial charge >= 0.3 is 0 Å². The summed E-state index contributed by atoms with van der Waals surface area (Å²) in [5.74, 6) is 1.86. The zero-order chi connectivity index (χ0) is 15.1. The lowest BCUT2D eigenvalue weighted by atomic mass is 9.75. The van der Waals surface area contributed by atoms with E-state index in [4.69, 9.17) is 0 Å². The molecule has 4 fully saturated rings. The van der Waals surface area contributed by atoms with Crippen molar-refractivity contribution in [3.8, 4) is 0 Å². The Kier molecular flexibility index (Phi) is 4.02. The molecule has 22 heavy (non-hydrogen) atoms. The van der Waals surface area contributed by atoms with Gasteiger partial charge in [0.15, 0.2) is 0 Å². The Balaban J connectivity index is 1.51. The third-order valence-corrected chi connectivity index (χ3v) is 6.70. The first-order chi connectivity index (χ1) is 10.7. The Bertz CT molecular complexity index is 472. The normalized spacial score (nSPS) is 44.5. The van der Waals surface area contributed by atoms with E-state index in [9.17, 15) is 4.79 Å². The molecule has 2 saturated heterocycles. The van der Waals surface area contributed by atoms with Crippen LogP contribution in [0.3, 0.4) is 0 Å². The van der Waals surface area contributed by atoms with E-state index in [1.54, 1.807) is 0 Å². The highest BCUT2D eigenvalue weighted by Gasteiger charge is 2.40. The number of amides is 1. The van der Waals surface area contributed by atoms with Gasteiger partial charge in [0.2, 0.25) is 5.91 Å². The van der Waals surface area contributed by atoms with Crippen molar-refractivity contribution >= 4 is 5.91 Å². The molecule has 4 rings (SSSR count). The molecule has 1 amide bonds. The van der Waals surface area contributed by atoms with E-state index in [1.165, 1.54) is 63.5 Å². The molecule has 0 bridgehead atoms. The van der Waals surface area contributed by atoms with Crippen LogP contribution in [-0.2, 0) is 4.79 Å². The van der Waals surface area contributed by atoms with Gasteiger partial charge in [0, 0.05) is 23.6 Å². The molecule has 0 aromatic heterocycles. The summed E-state index contributed by atoms with van der Waals surface area (Å²) in [5.41, 5.74) is 1.22. The molecule has 5 unspecified atom stereocenters. The van der Waals surface area contributed by atoms with Crippen LogP contribution in [0, 0.1) is 24.8 Å². The number of rotatable bonds is 1. The van der Waals surface area contributed by atoms with Crippen molar-refractivity contribution in [3.05, 3.63) is 18.8 Å². The number of carbonyl (C=O) groups excluding carboxylic acids is 1. The van der Waals surface area contributed by atoms with Crippen LogP contribution < -0.4 is 5.32 Å². The Hall–Kier alpha value is -0.830. The number of carbonyl (C=O) groups is 1. The lowest BCUT2D eigenvalue weighted by Crippen LogP contribution is -2.48. The molecule has 2 heterocycles. The first-order valence-corrected chi connectivity index (χ1v) is 9.35. The molecule has 4 aliphatic rings. The Morgan fingerprint density at radius 2 is 1.68 bits per heavy atom. The van der Waals surface area contributed by atoms with Crippen LogP contribution in [-0.4, -0.2) is 22.9 Å². The van der Waals surface area contributed by atoms with Gasteiger partial charge in [-0.3, -0.25) is 11.8 Å². The van der Waals surface area contributed by atoms with E-state index in [0.717, 1.165) is 12.3 Å². The molecule has 5 atom stereocenters. The van der Waals surface area contributed by atoms with Crippen LogP contribution in [0.15, 0.2) is 11.8 Å². The molecular formula is C19H29N2O-. The number of piperidine rings is 1. The summed E-state index contributed by atoms with van der Waals surface area (Å²) in [5, 5.41) is 3.20. The van der Waals surface area contributed by atoms with Gasteiger partial charge in [-0.05, 0) is 50.5 Å². The van der Waals surface area contributed by atoms with Crippen LogP contribution >= 0.6 is 0 Å². The van der Waals surface area contributed by atoms with Crippen LogP contribution in [0.25, 0.3) is 0 Å². The summed E-state index contributed by atoms with van der Waals surface area (Å²) in [6.07, 6.45) is 15.1. The summed E-state index contributed by atoms with van der Waals surface area (Å²) in [6.45, 7) is 0. The van der Waals surface area contributed by atoms with E-state index in [0.29, 0.717) is 18.0 Å². The first-order valence-electron chi connectivity index (χ1n) is 9.35. The summed E-state index contributed by atoms with van der Waals surface area (Å²) in [6, 6.07) is 1.10. The minimum Gasteiger partial charge on any atom is -0.451 e. The molecule has 2 aliphatic carbocycles. The maximum absolute atomic E-state index is 12.2. The Morgan fingerprint density at radius 1 is 0.955 bits per heavy atom. The van der Waals surface area contributed by atoms with Crippen molar-refractivity contribution in [3.63, 3.8) is 0 Å². The molecule has 2 saturated carbocycles. The molecule has 1 N–H and O–H groups in total. The van der Waals surface area contributed by atoms with Crippen molar-refractivity contribution in [1.82, 2.24) is 10.2 Å². The molecule has 3 heteroatoms. The first kappa shape index (κ1) is 14.7. The largest absolute Gasteiger partial charge is 0.451 e. The predicted molar refractivity (Wildman–Crippen MR) is 87.6 cm³/mol. The highest BCUT2D eigenvalue weighted by atomic mass is 16.2. The number of fused-ring (bicyclic) bond motifs is 2. The second-order valence-corrected chi connectivity index (χ2v) is 7.88. The number of likely N-dealkylation sites (tertiary alicyclic amines) is 1. The molecule has 122 valence electrons. The zero-order valence-electron chi connectivity index (χ0n) is 13.6. The van der Waals surface area contributed by atoms with Gasteiger partial charge in [0.25, 0.3) is 0 Å². The topological polar surface area (TPSA) is 32.3 Å². The summed E-state index contributed by atoms with van der Waals surface area (Å²) in [7, 11) is 4.40. The van der Waals surface area contributed by atoms with E-state index in [1.807, 2.05) is 0 Å². The fourth-order valence-electron chi connectivity index (χ4n) is 5.45. The second-order valence-electron chi connectivity index (χ2n) is 7.88. The number of hydrogen-bond acceptors (Lipinski definition) is 2. The van der Waals surface area contributed by atoms with Gasteiger partial charge in [-0.15, -0.1) is 0 Å². The van der Waals surface area contributed by atoms with Gasteiger partial charge in [-0.2, -0.15) is 0 Å². The van der Waals surface area contributed by atoms with E-state index in [-0.39, 0.29) is 11.8 Å². The molecule has 0 aromatic rings. The van der Waals surface area contributed by atoms with Crippen LogP contribution in [0.2, 0.25) is 0 Å². The quantitative estimate of drug-likeness (QED) is 0.750. The fraction of sp³-hybridized carbons (Fsp3) is 0.789. The second kappa shape index (κ2) is 5.99. The van der Waals surface area contributed by atoms with E-state index < -0.39 is 0 Å². The molecule has 3 nitrogen and oxygen atoms in total. The molecule has 0 radical (unpaired) electrons. The van der Waals surface area contributed by atoms with Gasteiger partial charge < -0.3 is 10.2 Å². The van der Waals surface area contributed by atoms with Crippen molar-refractivity contribution in [2.24, 2.45) is 17.8 Å². The van der Waals surface area contributed by atoms with Crippen molar-refractivity contribution in [2.45, 2.75) is 76.3 Å². The Morgan fingerprint density at radius 3 is 2.55 bits per heavy atom. The average Bonchev–Trinajstić information content (AvgIpc) is 2.87. The molecular weight excluding hydrogens is 272 g/mol. The number of allylic oxidation sites excluding steroid dienone is 1.